The van der Waals surface area contributed by atoms with Crippen LogP contribution in [-0.2, 0) is 0 Å². The number of nitrogens with zero attached hydrogens (tertiary/aromatic N) is 1. The monoisotopic (exact) mass is 291 g/mol. The molecule has 1 nitrogen and oxygen atoms in total. The van der Waals surface area contributed by atoms with E-state index in [2.05, 4.69) is 73.5 Å². The molecule has 114 valence electrons. The van der Waals surface area contributed by atoms with Crippen molar-refractivity contribution in [2.75, 3.05) is 7.05 Å². The number of piperidine rings is 1. The third-order valence-corrected chi connectivity index (χ3v) is 5.96. The van der Waals surface area contributed by atoms with Crippen LogP contribution in [0.4, 0.5) is 0 Å². The molecule has 2 aliphatic rings. The van der Waals surface area contributed by atoms with Crippen LogP contribution in [0.3, 0.4) is 0 Å². The van der Waals surface area contributed by atoms with Gasteiger partial charge in [-0.05, 0) is 50.3 Å². The summed E-state index contributed by atoms with van der Waals surface area (Å²) in [5.74, 6) is 1.30. The number of benzene rings is 2. The van der Waals surface area contributed by atoms with Crippen LogP contribution in [0.1, 0.15) is 47.8 Å². The van der Waals surface area contributed by atoms with Gasteiger partial charge >= 0.3 is 0 Å². The summed E-state index contributed by atoms with van der Waals surface area (Å²) in [5, 5.41) is 0. The fraction of sp³-hybridized carbons (Fsp3) is 0.429. The minimum atomic E-state index is 0.631. The first-order valence-corrected chi connectivity index (χ1v) is 8.57. The second-order valence-corrected chi connectivity index (χ2v) is 7.15. The predicted molar refractivity (Wildman–Crippen MR) is 92.3 cm³/mol. The standard InChI is InChI=1S/C21H25N/c1-15-8-10-17(11-9-15)21-19(16-6-4-3-5-7-16)14-18-12-13-20(21)22(18)2/h3-11,18-21H,12-14H2,1-2H3. The second-order valence-electron chi connectivity index (χ2n) is 7.15. The maximum Gasteiger partial charge on any atom is 0.0170 e. The first-order valence-electron chi connectivity index (χ1n) is 8.57. The van der Waals surface area contributed by atoms with E-state index >= 15 is 0 Å². The molecule has 4 atom stereocenters. The number of hydrogen-bond acceptors (Lipinski definition) is 1. The Balaban J connectivity index is 1.77. The number of hydrogen-bond donors (Lipinski definition) is 0. The maximum absolute atomic E-state index is 2.66. The smallest absolute Gasteiger partial charge is 0.0170 e. The average molecular weight is 291 g/mol. The molecule has 0 amide bonds. The highest BCUT2D eigenvalue weighted by atomic mass is 15.2. The van der Waals surface area contributed by atoms with Crippen LogP contribution in [0, 0.1) is 6.92 Å². The molecule has 0 aromatic heterocycles. The van der Waals surface area contributed by atoms with Gasteiger partial charge in [0.25, 0.3) is 0 Å². The van der Waals surface area contributed by atoms with Crippen molar-refractivity contribution >= 4 is 0 Å². The van der Waals surface area contributed by atoms with Crippen molar-refractivity contribution in [3.8, 4) is 0 Å². The molecular formula is C21H25N. The SMILES string of the molecule is Cc1ccc(C2C(c3ccccc3)CC3CCC2N3C)cc1. The topological polar surface area (TPSA) is 3.24 Å². The minimum absolute atomic E-state index is 0.631. The third kappa shape index (κ3) is 2.28. The van der Waals surface area contributed by atoms with Crippen molar-refractivity contribution in [3.63, 3.8) is 0 Å². The lowest BCUT2D eigenvalue weighted by atomic mass is 9.73. The molecule has 0 spiro atoms. The quantitative estimate of drug-likeness (QED) is 0.773. The van der Waals surface area contributed by atoms with Gasteiger partial charge in [0.15, 0.2) is 0 Å². The summed E-state index contributed by atoms with van der Waals surface area (Å²) < 4.78 is 0. The molecule has 0 saturated carbocycles. The van der Waals surface area contributed by atoms with Gasteiger partial charge in [0.2, 0.25) is 0 Å². The zero-order chi connectivity index (χ0) is 15.1. The van der Waals surface area contributed by atoms with E-state index in [-0.39, 0.29) is 0 Å². The summed E-state index contributed by atoms with van der Waals surface area (Å²) in [7, 11) is 2.34. The third-order valence-electron chi connectivity index (χ3n) is 5.96. The largest absolute Gasteiger partial charge is 0.300 e. The van der Waals surface area contributed by atoms with E-state index in [1.165, 1.54) is 36.0 Å². The van der Waals surface area contributed by atoms with Crippen molar-refractivity contribution in [2.24, 2.45) is 0 Å². The van der Waals surface area contributed by atoms with Gasteiger partial charge < -0.3 is 0 Å². The van der Waals surface area contributed by atoms with Crippen LogP contribution >= 0.6 is 0 Å². The van der Waals surface area contributed by atoms with E-state index in [1.54, 1.807) is 0 Å². The number of rotatable bonds is 2. The highest BCUT2D eigenvalue weighted by Crippen LogP contribution is 2.50. The molecule has 0 aliphatic carbocycles. The summed E-state index contributed by atoms with van der Waals surface area (Å²) >= 11 is 0. The zero-order valence-electron chi connectivity index (χ0n) is 13.6. The molecule has 2 aromatic carbocycles. The Hall–Kier alpha value is -1.60. The van der Waals surface area contributed by atoms with E-state index < -0.39 is 0 Å². The van der Waals surface area contributed by atoms with Crippen LogP contribution < -0.4 is 0 Å². The van der Waals surface area contributed by atoms with Gasteiger partial charge in [-0.25, -0.2) is 0 Å². The van der Waals surface area contributed by atoms with Gasteiger partial charge in [-0.1, -0.05) is 60.2 Å². The number of fused-ring (bicyclic) bond motifs is 2. The summed E-state index contributed by atoms with van der Waals surface area (Å²) in [4.78, 5) is 2.66. The highest BCUT2D eigenvalue weighted by Gasteiger charge is 2.46. The van der Waals surface area contributed by atoms with Crippen molar-refractivity contribution in [1.82, 2.24) is 4.90 Å². The zero-order valence-corrected chi connectivity index (χ0v) is 13.6. The highest BCUT2D eigenvalue weighted by molar-refractivity contribution is 5.34. The van der Waals surface area contributed by atoms with E-state index in [0.29, 0.717) is 17.9 Å². The second kappa shape index (κ2) is 5.55. The van der Waals surface area contributed by atoms with E-state index in [1.807, 2.05) is 0 Å². The Labute approximate surface area is 134 Å². The van der Waals surface area contributed by atoms with E-state index in [9.17, 15) is 0 Å². The predicted octanol–water partition coefficient (Wildman–Crippen LogP) is 4.73. The summed E-state index contributed by atoms with van der Waals surface area (Å²) in [6.07, 6.45) is 4.02. The molecule has 0 radical (unpaired) electrons. The van der Waals surface area contributed by atoms with Crippen molar-refractivity contribution < 1.29 is 0 Å². The first kappa shape index (κ1) is 14.0. The Bertz CT molecular complexity index is 631. The van der Waals surface area contributed by atoms with Crippen LogP contribution in [0.25, 0.3) is 0 Å². The summed E-state index contributed by atoms with van der Waals surface area (Å²) in [6, 6.07) is 21.9. The number of aryl methyl sites for hydroxylation is 1. The minimum Gasteiger partial charge on any atom is -0.300 e. The fourth-order valence-corrected chi connectivity index (χ4v) is 4.75. The molecule has 4 unspecified atom stereocenters. The molecule has 4 rings (SSSR count). The van der Waals surface area contributed by atoms with Gasteiger partial charge in [-0.15, -0.1) is 0 Å². The molecule has 22 heavy (non-hydrogen) atoms. The summed E-state index contributed by atoms with van der Waals surface area (Å²) in [5.41, 5.74) is 4.41. The van der Waals surface area contributed by atoms with Gasteiger partial charge in [0, 0.05) is 18.0 Å². The number of likely N-dealkylation sites (N-methyl/N-ethyl adjacent to an activating group) is 1. The molecule has 2 fully saturated rings. The lowest BCUT2D eigenvalue weighted by Crippen LogP contribution is -2.44. The molecule has 2 aliphatic heterocycles. The lowest BCUT2D eigenvalue weighted by molar-refractivity contribution is 0.137. The lowest BCUT2D eigenvalue weighted by Gasteiger charge is -2.43. The van der Waals surface area contributed by atoms with Crippen molar-refractivity contribution in [2.45, 2.75) is 50.1 Å². The van der Waals surface area contributed by atoms with Crippen molar-refractivity contribution in [1.29, 1.82) is 0 Å². The molecule has 2 saturated heterocycles. The maximum atomic E-state index is 2.66. The Morgan fingerprint density at radius 1 is 0.864 bits per heavy atom. The normalized spacial score (nSPS) is 31.4. The first-order chi connectivity index (χ1) is 10.7. The van der Waals surface area contributed by atoms with Gasteiger partial charge in [-0.2, -0.15) is 0 Å². The van der Waals surface area contributed by atoms with Gasteiger partial charge in [-0.3, -0.25) is 4.90 Å². The molecule has 2 heterocycles. The van der Waals surface area contributed by atoms with Crippen LogP contribution in [0.5, 0.6) is 0 Å². The van der Waals surface area contributed by atoms with E-state index in [0.717, 1.165) is 6.04 Å². The van der Waals surface area contributed by atoms with Crippen LogP contribution in [-0.4, -0.2) is 24.0 Å². The molecule has 0 N–H and O–H groups in total. The van der Waals surface area contributed by atoms with Crippen LogP contribution in [0.15, 0.2) is 54.6 Å². The average Bonchev–Trinajstić information content (AvgIpc) is 2.79. The molecular weight excluding hydrogens is 266 g/mol. The summed E-state index contributed by atoms with van der Waals surface area (Å²) in [6.45, 7) is 2.18. The fourth-order valence-electron chi connectivity index (χ4n) is 4.75. The Kier molecular flexibility index (Phi) is 3.54. The molecule has 2 bridgehead atoms. The van der Waals surface area contributed by atoms with Gasteiger partial charge in [0.05, 0.1) is 0 Å². The molecule has 2 aromatic rings. The van der Waals surface area contributed by atoms with Gasteiger partial charge in [0.1, 0.15) is 0 Å². The van der Waals surface area contributed by atoms with Crippen molar-refractivity contribution in [3.05, 3.63) is 71.3 Å². The Morgan fingerprint density at radius 2 is 1.59 bits per heavy atom. The van der Waals surface area contributed by atoms with Crippen LogP contribution in [0.2, 0.25) is 0 Å². The molecule has 1 heteroatoms. The van der Waals surface area contributed by atoms with E-state index in [4.69, 9.17) is 0 Å². The Morgan fingerprint density at radius 3 is 2.32 bits per heavy atom.